The molecule has 0 unspecified atom stereocenters. The van der Waals surface area contributed by atoms with Gasteiger partial charge in [-0.05, 0) is 25.1 Å². The molecule has 0 heterocycles. The molecular weight excluding hydrogens is 221 g/mol. The molecule has 2 N–H and O–H groups in total. The number of carbonyl (C=O) groups is 1. The molecule has 0 fully saturated rings. The van der Waals surface area contributed by atoms with E-state index in [0.717, 1.165) is 0 Å². The number of hydrogen-bond acceptors (Lipinski definition) is 3. The average molecular weight is 239 g/mol. The second-order valence-corrected chi connectivity index (χ2v) is 4.01. The molecule has 17 heavy (non-hydrogen) atoms. The standard InChI is InChI=1S/C12H18FN3O/c1-4-16(8-12(17)15(2)3)11-7-9(13)5-6-10(11)14/h5-7H,4,8,14H2,1-3H3. The first kappa shape index (κ1) is 13.3. The summed E-state index contributed by atoms with van der Waals surface area (Å²) in [5.41, 5.74) is 6.81. The summed E-state index contributed by atoms with van der Waals surface area (Å²) >= 11 is 0. The van der Waals surface area contributed by atoms with Gasteiger partial charge in [-0.3, -0.25) is 4.79 Å². The van der Waals surface area contributed by atoms with E-state index in [4.69, 9.17) is 5.73 Å². The highest BCUT2D eigenvalue weighted by Gasteiger charge is 2.14. The third kappa shape index (κ3) is 3.34. The molecule has 0 aromatic heterocycles. The Hall–Kier alpha value is -1.78. The van der Waals surface area contributed by atoms with Crippen molar-refractivity contribution in [3.05, 3.63) is 24.0 Å². The van der Waals surface area contributed by atoms with Crippen LogP contribution in [0, 0.1) is 5.82 Å². The van der Waals surface area contributed by atoms with E-state index in [0.29, 0.717) is 17.9 Å². The maximum absolute atomic E-state index is 13.2. The lowest BCUT2D eigenvalue weighted by Crippen LogP contribution is -2.36. The number of likely N-dealkylation sites (N-methyl/N-ethyl adjacent to an activating group) is 2. The zero-order valence-electron chi connectivity index (χ0n) is 10.4. The first-order chi connectivity index (χ1) is 7.95. The average Bonchev–Trinajstić information content (AvgIpc) is 2.29. The molecule has 0 radical (unpaired) electrons. The third-order valence-electron chi connectivity index (χ3n) is 2.54. The van der Waals surface area contributed by atoms with Crippen molar-refractivity contribution < 1.29 is 9.18 Å². The number of nitrogen functional groups attached to an aromatic ring is 1. The Bertz CT molecular complexity index is 407. The van der Waals surface area contributed by atoms with E-state index < -0.39 is 0 Å². The quantitative estimate of drug-likeness (QED) is 0.806. The Balaban J connectivity index is 2.93. The van der Waals surface area contributed by atoms with Crippen LogP contribution < -0.4 is 10.6 Å². The van der Waals surface area contributed by atoms with Crippen LogP contribution in [0.4, 0.5) is 15.8 Å². The van der Waals surface area contributed by atoms with Crippen LogP contribution in [0.3, 0.4) is 0 Å². The lowest BCUT2D eigenvalue weighted by Gasteiger charge is -2.25. The summed E-state index contributed by atoms with van der Waals surface area (Å²) in [6.07, 6.45) is 0. The second kappa shape index (κ2) is 5.52. The van der Waals surface area contributed by atoms with Gasteiger partial charge in [0.2, 0.25) is 5.91 Å². The monoisotopic (exact) mass is 239 g/mol. The molecule has 5 heteroatoms. The van der Waals surface area contributed by atoms with E-state index >= 15 is 0 Å². The van der Waals surface area contributed by atoms with Gasteiger partial charge >= 0.3 is 0 Å². The number of carbonyl (C=O) groups excluding carboxylic acids is 1. The molecule has 0 aliphatic rings. The zero-order valence-corrected chi connectivity index (χ0v) is 10.4. The number of benzene rings is 1. The van der Waals surface area contributed by atoms with Crippen molar-refractivity contribution >= 4 is 17.3 Å². The van der Waals surface area contributed by atoms with Crippen LogP contribution in [-0.2, 0) is 4.79 Å². The molecule has 94 valence electrons. The number of halogens is 1. The predicted octanol–water partition coefficient (Wildman–Crippen LogP) is 1.32. The van der Waals surface area contributed by atoms with Gasteiger partial charge in [-0.15, -0.1) is 0 Å². The van der Waals surface area contributed by atoms with Gasteiger partial charge in [0.15, 0.2) is 0 Å². The van der Waals surface area contributed by atoms with Gasteiger partial charge in [0, 0.05) is 20.6 Å². The number of nitrogens with zero attached hydrogens (tertiary/aromatic N) is 2. The highest BCUT2D eigenvalue weighted by atomic mass is 19.1. The number of hydrogen-bond donors (Lipinski definition) is 1. The summed E-state index contributed by atoms with van der Waals surface area (Å²) in [4.78, 5) is 14.9. The molecule has 1 rings (SSSR count). The number of anilines is 2. The maximum Gasteiger partial charge on any atom is 0.241 e. The smallest absolute Gasteiger partial charge is 0.241 e. The summed E-state index contributed by atoms with van der Waals surface area (Å²) in [7, 11) is 3.37. The number of nitrogens with two attached hydrogens (primary N) is 1. The molecule has 0 aliphatic heterocycles. The minimum atomic E-state index is -0.357. The highest BCUT2D eigenvalue weighted by molar-refractivity contribution is 5.82. The fourth-order valence-corrected chi connectivity index (χ4v) is 1.46. The second-order valence-electron chi connectivity index (χ2n) is 4.01. The molecule has 4 nitrogen and oxygen atoms in total. The fraction of sp³-hybridized carbons (Fsp3) is 0.417. The van der Waals surface area contributed by atoms with Gasteiger partial charge in [0.05, 0.1) is 17.9 Å². The van der Waals surface area contributed by atoms with Crippen molar-refractivity contribution in [1.82, 2.24) is 4.90 Å². The van der Waals surface area contributed by atoms with Crippen molar-refractivity contribution in [2.45, 2.75) is 6.92 Å². The number of rotatable bonds is 4. The van der Waals surface area contributed by atoms with Crippen LogP contribution in [0.1, 0.15) is 6.92 Å². The normalized spacial score (nSPS) is 10.1. The molecule has 1 aromatic rings. The van der Waals surface area contributed by atoms with E-state index in [1.54, 1.807) is 19.0 Å². The molecule has 0 bridgehead atoms. The first-order valence-corrected chi connectivity index (χ1v) is 5.45. The summed E-state index contributed by atoms with van der Waals surface area (Å²) in [5.74, 6) is -0.402. The Morgan fingerprint density at radius 2 is 2.06 bits per heavy atom. The summed E-state index contributed by atoms with van der Waals surface area (Å²) in [6, 6.07) is 4.16. The number of amides is 1. The van der Waals surface area contributed by atoms with Crippen molar-refractivity contribution in [2.75, 3.05) is 37.8 Å². The molecule has 1 amide bonds. The van der Waals surface area contributed by atoms with Gasteiger partial charge in [-0.25, -0.2) is 4.39 Å². The largest absolute Gasteiger partial charge is 0.397 e. The molecular formula is C12H18FN3O. The minimum Gasteiger partial charge on any atom is -0.397 e. The molecule has 0 saturated heterocycles. The zero-order chi connectivity index (χ0) is 13.0. The van der Waals surface area contributed by atoms with Crippen LogP contribution in [-0.4, -0.2) is 38.0 Å². The summed E-state index contributed by atoms with van der Waals surface area (Å²) in [6.45, 7) is 2.68. The Morgan fingerprint density at radius 3 is 2.59 bits per heavy atom. The van der Waals surface area contributed by atoms with E-state index in [9.17, 15) is 9.18 Å². The van der Waals surface area contributed by atoms with Crippen molar-refractivity contribution in [3.63, 3.8) is 0 Å². The molecule has 0 saturated carbocycles. The van der Waals surface area contributed by atoms with E-state index in [2.05, 4.69) is 0 Å². The van der Waals surface area contributed by atoms with E-state index in [1.807, 2.05) is 6.92 Å². The van der Waals surface area contributed by atoms with Crippen LogP contribution in [0.2, 0.25) is 0 Å². The summed E-state index contributed by atoms with van der Waals surface area (Å²) < 4.78 is 13.2. The fourth-order valence-electron chi connectivity index (χ4n) is 1.46. The lowest BCUT2D eigenvalue weighted by atomic mass is 10.2. The lowest BCUT2D eigenvalue weighted by molar-refractivity contribution is -0.127. The van der Waals surface area contributed by atoms with E-state index in [-0.39, 0.29) is 18.3 Å². The topological polar surface area (TPSA) is 49.6 Å². The van der Waals surface area contributed by atoms with Crippen molar-refractivity contribution in [1.29, 1.82) is 0 Å². The van der Waals surface area contributed by atoms with Gasteiger partial charge < -0.3 is 15.5 Å². The van der Waals surface area contributed by atoms with Crippen molar-refractivity contribution in [3.8, 4) is 0 Å². The molecule has 1 aromatic carbocycles. The predicted molar refractivity (Wildman–Crippen MR) is 67.4 cm³/mol. The third-order valence-corrected chi connectivity index (χ3v) is 2.54. The molecule has 0 aliphatic carbocycles. The SMILES string of the molecule is CCN(CC(=O)N(C)C)c1cc(F)ccc1N. The first-order valence-electron chi connectivity index (χ1n) is 5.45. The Labute approximate surface area is 101 Å². The van der Waals surface area contributed by atoms with E-state index in [1.165, 1.54) is 23.1 Å². The van der Waals surface area contributed by atoms with Crippen molar-refractivity contribution in [2.24, 2.45) is 0 Å². The highest BCUT2D eigenvalue weighted by Crippen LogP contribution is 2.23. The Morgan fingerprint density at radius 1 is 1.41 bits per heavy atom. The van der Waals surface area contributed by atoms with Crippen LogP contribution in [0.5, 0.6) is 0 Å². The minimum absolute atomic E-state index is 0.0458. The van der Waals surface area contributed by atoms with Crippen LogP contribution in [0.15, 0.2) is 18.2 Å². The van der Waals surface area contributed by atoms with Crippen LogP contribution in [0.25, 0.3) is 0 Å². The van der Waals surface area contributed by atoms with Gasteiger partial charge in [0.1, 0.15) is 5.82 Å². The van der Waals surface area contributed by atoms with Gasteiger partial charge in [-0.2, -0.15) is 0 Å². The van der Waals surface area contributed by atoms with Gasteiger partial charge in [0.25, 0.3) is 0 Å². The molecule has 0 spiro atoms. The summed E-state index contributed by atoms with van der Waals surface area (Å²) in [5, 5.41) is 0. The van der Waals surface area contributed by atoms with Crippen LogP contribution >= 0.6 is 0 Å². The molecule has 0 atom stereocenters. The van der Waals surface area contributed by atoms with Gasteiger partial charge in [-0.1, -0.05) is 0 Å². The Kier molecular flexibility index (Phi) is 4.31. The maximum atomic E-state index is 13.2.